The van der Waals surface area contributed by atoms with Gasteiger partial charge in [-0.3, -0.25) is 15.0 Å². The first-order valence-corrected chi connectivity index (χ1v) is 16.2. The lowest BCUT2D eigenvalue weighted by Gasteiger charge is -2.37. The fourth-order valence-electron chi connectivity index (χ4n) is 7.94. The summed E-state index contributed by atoms with van der Waals surface area (Å²) >= 11 is 0. The molecule has 238 valence electrons. The average molecular weight is 620 g/mol. The predicted octanol–water partition coefficient (Wildman–Crippen LogP) is 4.92. The number of anilines is 1. The number of alkyl halides is 1. The van der Waals surface area contributed by atoms with Crippen LogP contribution in [0.4, 0.5) is 14.6 Å². The Hall–Kier alpha value is -3.48. The van der Waals surface area contributed by atoms with Crippen LogP contribution in [-0.4, -0.2) is 100.0 Å². The van der Waals surface area contributed by atoms with Crippen LogP contribution < -0.4 is 9.64 Å². The largest absolute Gasteiger partial charge is 0.461 e. The number of H-pyrrole nitrogens is 1. The van der Waals surface area contributed by atoms with E-state index >= 15 is 4.39 Å². The molecule has 1 aromatic carbocycles. The summed E-state index contributed by atoms with van der Waals surface area (Å²) in [4.78, 5) is 18.6. The number of halogens is 2. The summed E-state index contributed by atoms with van der Waals surface area (Å²) in [5.74, 6) is 0.0309. The fraction of sp³-hybridized carbons (Fsp3) is 0.576. The topological polar surface area (TPSA) is 102 Å². The number of nitrogens with zero attached hydrogens (tertiary/aromatic N) is 6. The number of morpholine rings is 1. The highest BCUT2D eigenvalue weighted by molar-refractivity contribution is 5.99. The van der Waals surface area contributed by atoms with Crippen LogP contribution in [0.5, 0.6) is 6.01 Å². The molecule has 10 nitrogen and oxygen atoms in total. The number of ether oxygens (including phenoxy) is 3. The fourth-order valence-corrected chi connectivity index (χ4v) is 7.94. The van der Waals surface area contributed by atoms with E-state index in [-0.39, 0.29) is 41.6 Å². The van der Waals surface area contributed by atoms with Gasteiger partial charge >= 0.3 is 6.01 Å². The molecule has 6 bridgehead atoms. The molecule has 1 N–H and O–H groups in total. The molecule has 0 saturated carbocycles. The van der Waals surface area contributed by atoms with Gasteiger partial charge in [0.2, 0.25) is 0 Å². The molecule has 0 unspecified atom stereocenters. The van der Waals surface area contributed by atoms with E-state index in [2.05, 4.69) is 31.0 Å². The maximum Gasteiger partial charge on any atom is 0.319 e. The smallest absolute Gasteiger partial charge is 0.319 e. The highest BCUT2D eigenvalue weighted by Gasteiger charge is 2.49. The number of aromatic amines is 1. The molecule has 45 heavy (non-hydrogen) atoms. The summed E-state index contributed by atoms with van der Waals surface area (Å²) in [6.45, 7) is 7.80. The molecule has 3 fully saturated rings. The van der Waals surface area contributed by atoms with Gasteiger partial charge in [-0.05, 0) is 69.7 Å². The molecule has 9 rings (SSSR count). The van der Waals surface area contributed by atoms with Crippen LogP contribution in [0.3, 0.4) is 0 Å². The first kappa shape index (κ1) is 29.0. The SMILES string of the molecule is Cc1cc2[nH]ncc2c2c1CCCCO[C@H](C)[C@H]1CN(CCO1)c1nc(OC[C@@]34CCCN3C[C@H](F)C4)nc3c(F)c-2ncc13. The Morgan fingerprint density at radius 3 is 2.91 bits per heavy atom. The molecule has 12 heteroatoms. The number of pyridine rings is 1. The number of fused-ring (bicyclic) bond motifs is 8. The van der Waals surface area contributed by atoms with E-state index in [0.717, 1.165) is 66.2 Å². The van der Waals surface area contributed by atoms with Gasteiger partial charge < -0.3 is 19.1 Å². The van der Waals surface area contributed by atoms with Crippen molar-refractivity contribution in [1.29, 1.82) is 0 Å². The van der Waals surface area contributed by atoms with Crippen molar-refractivity contribution in [3.63, 3.8) is 0 Å². The summed E-state index contributed by atoms with van der Waals surface area (Å²) in [5, 5.41) is 8.65. The van der Waals surface area contributed by atoms with E-state index in [1.54, 1.807) is 12.4 Å². The van der Waals surface area contributed by atoms with E-state index in [0.29, 0.717) is 50.5 Å². The lowest BCUT2D eigenvalue weighted by Crippen LogP contribution is -2.48. The Kier molecular flexibility index (Phi) is 7.33. The normalized spacial score (nSPS) is 27.5. The van der Waals surface area contributed by atoms with Crippen molar-refractivity contribution in [3.05, 3.63) is 35.4 Å². The van der Waals surface area contributed by atoms with E-state index < -0.39 is 12.0 Å². The van der Waals surface area contributed by atoms with Crippen LogP contribution in [0.15, 0.2) is 18.5 Å². The monoisotopic (exact) mass is 619 g/mol. The first-order chi connectivity index (χ1) is 21.9. The molecular weight excluding hydrogens is 580 g/mol. The molecule has 5 aliphatic rings. The molecule has 4 aromatic rings. The summed E-state index contributed by atoms with van der Waals surface area (Å²) in [6.07, 6.45) is 7.00. The highest BCUT2D eigenvalue weighted by Crippen LogP contribution is 2.42. The van der Waals surface area contributed by atoms with Gasteiger partial charge in [-0.25, -0.2) is 8.78 Å². The van der Waals surface area contributed by atoms with E-state index in [1.165, 1.54) is 0 Å². The second-order valence-corrected chi connectivity index (χ2v) is 13.1. The van der Waals surface area contributed by atoms with Gasteiger partial charge in [0.15, 0.2) is 5.82 Å². The Morgan fingerprint density at radius 1 is 1.09 bits per heavy atom. The van der Waals surface area contributed by atoms with Crippen LogP contribution in [0.2, 0.25) is 0 Å². The van der Waals surface area contributed by atoms with Crippen molar-refractivity contribution in [1.82, 2.24) is 30.0 Å². The Labute approximate surface area is 260 Å². The third-order valence-electron chi connectivity index (χ3n) is 10.3. The van der Waals surface area contributed by atoms with Gasteiger partial charge in [0.1, 0.15) is 35.9 Å². The quantitative estimate of drug-likeness (QED) is 0.343. The lowest BCUT2D eigenvalue weighted by atomic mass is 9.91. The van der Waals surface area contributed by atoms with Crippen molar-refractivity contribution in [3.8, 4) is 17.3 Å². The number of rotatable bonds is 3. The Bertz CT molecular complexity index is 1750. The third-order valence-corrected chi connectivity index (χ3v) is 10.3. The molecule has 0 amide bonds. The minimum absolute atomic E-state index is 0.0865. The summed E-state index contributed by atoms with van der Waals surface area (Å²) in [6, 6.07) is 2.15. The van der Waals surface area contributed by atoms with Crippen LogP contribution in [0.25, 0.3) is 33.1 Å². The van der Waals surface area contributed by atoms with Gasteiger partial charge in [0, 0.05) is 49.8 Å². The van der Waals surface area contributed by atoms with E-state index in [1.807, 2.05) is 13.8 Å². The van der Waals surface area contributed by atoms with Crippen molar-refractivity contribution in [2.45, 2.75) is 76.3 Å². The zero-order valence-corrected chi connectivity index (χ0v) is 25.8. The van der Waals surface area contributed by atoms with Crippen LogP contribution in [-0.2, 0) is 15.9 Å². The van der Waals surface area contributed by atoms with Crippen LogP contribution in [0.1, 0.15) is 50.2 Å². The highest BCUT2D eigenvalue weighted by atomic mass is 19.1. The van der Waals surface area contributed by atoms with E-state index in [9.17, 15) is 4.39 Å². The van der Waals surface area contributed by atoms with Gasteiger partial charge in [-0.1, -0.05) is 0 Å². The van der Waals surface area contributed by atoms with Crippen LogP contribution in [0, 0.1) is 12.7 Å². The molecular formula is C33H39F2N7O3. The van der Waals surface area contributed by atoms with Gasteiger partial charge in [0.05, 0.1) is 35.3 Å². The van der Waals surface area contributed by atoms with Crippen molar-refractivity contribution in [2.24, 2.45) is 0 Å². The molecule has 0 spiro atoms. The number of benzene rings is 1. The van der Waals surface area contributed by atoms with Crippen LogP contribution >= 0.6 is 0 Å². The maximum atomic E-state index is 17.0. The number of aromatic nitrogens is 5. The standard InChI is InChI=1S/C33H39F2N7O3/c1-19-12-25-23(15-37-40-25)27-22(19)6-3-4-10-43-20(2)26-17-41(9-11-44-26)31-24-14-36-30(27)28(35)29(24)38-32(39-31)45-18-33-7-5-8-42(33)16-21(34)13-33/h12,14-15,20-21,26H,3-11,13,16-18H2,1-2H3,(H,37,40)/t20-,21-,26-,33+/m1/s1. The van der Waals surface area contributed by atoms with Crippen molar-refractivity contribution < 1.29 is 23.0 Å². The molecule has 5 aliphatic heterocycles. The Balaban J connectivity index is 1.29. The van der Waals surface area contributed by atoms with Gasteiger partial charge in [-0.2, -0.15) is 15.1 Å². The lowest BCUT2D eigenvalue weighted by molar-refractivity contribution is -0.0706. The predicted molar refractivity (Wildman–Crippen MR) is 166 cm³/mol. The number of nitrogens with one attached hydrogen (secondary N) is 1. The Morgan fingerprint density at radius 2 is 2.00 bits per heavy atom. The maximum absolute atomic E-state index is 17.0. The molecule has 0 radical (unpaired) electrons. The van der Waals surface area contributed by atoms with Crippen molar-refractivity contribution >= 4 is 27.6 Å². The van der Waals surface area contributed by atoms with Gasteiger partial charge in [-0.15, -0.1) is 0 Å². The average Bonchev–Trinajstić information content (AvgIpc) is 3.74. The summed E-state index contributed by atoms with van der Waals surface area (Å²) in [7, 11) is 0. The number of hydrogen-bond acceptors (Lipinski definition) is 9. The molecule has 0 aliphatic carbocycles. The minimum Gasteiger partial charge on any atom is -0.461 e. The zero-order chi connectivity index (χ0) is 30.7. The number of aryl methyl sites for hydroxylation is 1. The van der Waals surface area contributed by atoms with Gasteiger partial charge in [0.25, 0.3) is 0 Å². The molecule has 8 heterocycles. The second kappa shape index (κ2) is 11.4. The number of hydrogen-bond donors (Lipinski definition) is 1. The molecule has 3 saturated heterocycles. The third kappa shape index (κ3) is 5.01. The summed E-state index contributed by atoms with van der Waals surface area (Å²) < 4.78 is 50.2. The van der Waals surface area contributed by atoms with E-state index in [4.69, 9.17) is 24.2 Å². The second-order valence-electron chi connectivity index (χ2n) is 13.1. The molecule has 3 aromatic heterocycles. The molecule has 4 atom stereocenters. The zero-order valence-electron chi connectivity index (χ0n) is 25.8. The first-order valence-electron chi connectivity index (χ1n) is 16.2. The van der Waals surface area contributed by atoms with Crippen molar-refractivity contribution in [2.75, 3.05) is 50.9 Å². The summed E-state index contributed by atoms with van der Waals surface area (Å²) in [5.41, 5.74) is 3.64. The minimum atomic E-state index is -0.877.